The van der Waals surface area contributed by atoms with E-state index < -0.39 is 5.79 Å². The van der Waals surface area contributed by atoms with Crippen LogP contribution in [0.1, 0.15) is 39.7 Å². The summed E-state index contributed by atoms with van der Waals surface area (Å²) in [7, 11) is 0. The molecule has 0 saturated carbocycles. The van der Waals surface area contributed by atoms with Crippen LogP contribution in [0.4, 0.5) is 0 Å². The molecule has 0 radical (unpaired) electrons. The van der Waals surface area contributed by atoms with Crippen LogP contribution in [0.25, 0.3) is 0 Å². The van der Waals surface area contributed by atoms with E-state index in [2.05, 4.69) is 15.3 Å². The number of halogens is 1. The molecule has 1 aliphatic rings. The molecule has 4 rings (SSSR count). The summed E-state index contributed by atoms with van der Waals surface area (Å²) in [5.74, 6) is -0.167. The van der Waals surface area contributed by atoms with Gasteiger partial charge in [-0.15, -0.1) is 24.2 Å². The molecule has 0 aliphatic carbocycles. The van der Waals surface area contributed by atoms with Crippen LogP contribution in [0.5, 0.6) is 11.5 Å². The van der Waals surface area contributed by atoms with E-state index in [0.29, 0.717) is 28.2 Å². The third-order valence-electron chi connectivity index (χ3n) is 5.30. The lowest BCUT2D eigenvalue weighted by Crippen LogP contribution is -2.31. The van der Waals surface area contributed by atoms with Crippen molar-refractivity contribution in [3.8, 4) is 11.5 Å². The molecule has 1 aliphatic heterocycles. The molecule has 0 fully saturated rings. The number of carbonyl (C=O) groups is 1. The van der Waals surface area contributed by atoms with Crippen molar-refractivity contribution in [2.24, 2.45) is 0 Å². The molecule has 0 saturated heterocycles. The predicted octanol–water partition coefficient (Wildman–Crippen LogP) is 4.10. The van der Waals surface area contributed by atoms with Gasteiger partial charge in [0.25, 0.3) is 17.3 Å². The highest BCUT2D eigenvalue weighted by molar-refractivity contribution is 7.98. The molecule has 1 aromatic carbocycles. The highest BCUT2D eigenvalue weighted by Crippen LogP contribution is 2.46. The number of pyridine rings is 2. The summed E-state index contributed by atoms with van der Waals surface area (Å²) in [6.45, 7) is 5.61. The number of ether oxygens (including phenoxy) is 2. The van der Waals surface area contributed by atoms with Crippen LogP contribution in [0, 0.1) is 13.8 Å². The van der Waals surface area contributed by atoms with Crippen molar-refractivity contribution in [3.63, 3.8) is 0 Å². The van der Waals surface area contributed by atoms with Crippen molar-refractivity contribution in [2.75, 3.05) is 6.26 Å². The summed E-state index contributed by atoms with van der Waals surface area (Å²) in [5.41, 5.74) is 3.10. The number of carbonyl (C=O) groups excluding carboxylic acids is 1. The first kappa shape index (κ1) is 23.7. The zero-order chi connectivity index (χ0) is 22.2. The van der Waals surface area contributed by atoms with Crippen LogP contribution in [0.15, 0.2) is 52.4 Å². The normalized spacial score (nSPS) is 16.4. The third-order valence-corrected chi connectivity index (χ3v) is 6.10. The number of hydrogen-bond donors (Lipinski definition) is 2. The second kappa shape index (κ2) is 9.26. The molecule has 1 unspecified atom stereocenters. The second-order valence-corrected chi connectivity index (χ2v) is 8.31. The molecular formula is C23H24ClN3O4S. The maximum absolute atomic E-state index is 12.9. The molecule has 3 heterocycles. The minimum absolute atomic E-state index is 0. The molecule has 168 valence electrons. The summed E-state index contributed by atoms with van der Waals surface area (Å²) in [5, 5.41) is 2.86. The number of benzene rings is 1. The number of thioether (sulfide) groups is 1. The van der Waals surface area contributed by atoms with Gasteiger partial charge in [-0.1, -0.05) is 0 Å². The minimum Gasteiger partial charge on any atom is -0.445 e. The van der Waals surface area contributed by atoms with E-state index in [4.69, 9.17) is 9.47 Å². The Bertz CT molecular complexity index is 1220. The second-order valence-electron chi connectivity index (χ2n) is 7.46. The van der Waals surface area contributed by atoms with E-state index in [-0.39, 0.29) is 30.4 Å². The molecule has 2 aromatic heterocycles. The summed E-state index contributed by atoms with van der Waals surface area (Å²) in [4.78, 5) is 32.9. The number of H-pyrrole nitrogens is 1. The largest absolute Gasteiger partial charge is 0.445 e. The van der Waals surface area contributed by atoms with Gasteiger partial charge in [0.05, 0.1) is 0 Å². The number of amides is 1. The zero-order valence-corrected chi connectivity index (χ0v) is 19.8. The molecule has 2 N–H and O–H groups in total. The van der Waals surface area contributed by atoms with Gasteiger partial charge in [-0.3, -0.25) is 14.6 Å². The minimum atomic E-state index is -0.992. The number of aromatic nitrogens is 2. The standard InChI is InChI=1S/C23H23N3O4S.ClH/c1-13-11-19(31-4)17(22(28)26-13)12-25-21(27)16-5-6-18-20(14(16)2)30-23(3,29-18)15-7-9-24-10-8-15;/h5-11H,12H2,1-4H3,(H,25,27)(H,26,28);1H. The molecule has 1 amide bonds. The Morgan fingerprint density at radius 3 is 2.59 bits per heavy atom. The number of fused-ring (bicyclic) bond motifs is 1. The molecule has 32 heavy (non-hydrogen) atoms. The zero-order valence-electron chi connectivity index (χ0n) is 18.1. The Hall–Kier alpha value is -2.97. The topological polar surface area (TPSA) is 93.3 Å². The SMILES string of the molecule is CSc1cc(C)[nH]c(=O)c1CNC(=O)c1ccc2c(c1C)OC(C)(c1ccncc1)O2.Cl. The summed E-state index contributed by atoms with van der Waals surface area (Å²) in [6, 6.07) is 9.00. The van der Waals surface area contributed by atoms with Crippen molar-refractivity contribution in [1.29, 1.82) is 0 Å². The van der Waals surface area contributed by atoms with Crippen molar-refractivity contribution < 1.29 is 14.3 Å². The van der Waals surface area contributed by atoms with Crippen LogP contribution in [-0.2, 0) is 12.3 Å². The van der Waals surface area contributed by atoms with Crippen molar-refractivity contribution in [2.45, 2.75) is 38.0 Å². The molecule has 3 aromatic rings. The molecule has 1 atom stereocenters. The lowest BCUT2D eigenvalue weighted by molar-refractivity contribution is -0.0683. The molecule has 9 heteroatoms. The predicted molar refractivity (Wildman–Crippen MR) is 126 cm³/mol. The maximum atomic E-state index is 12.9. The Morgan fingerprint density at radius 1 is 1.19 bits per heavy atom. The molecule has 0 spiro atoms. The molecular weight excluding hydrogens is 450 g/mol. The van der Waals surface area contributed by atoms with E-state index in [1.165, 1.54) is 11.8 Å². The lowest BCUT2D eigenvalue weighted by Gasteiger charge is -2.23. The van der Waals surface area contributed by atoms with Crippen molar-refractivity contribution in [1.82, 2.24) is 15.3 Å². The Labute approximate surface area is 196 Å². The number of aryl methyl sites for hydroxylation is 1. The highest BCUT2D eigenvalue weighted by atomic mass is 35.5. The van der Waals surface area contributed by atoms with Gasteiger partial charge in [-0.05, 0) is 50.4 Å². The average Bonchev–Trinajstić information content (AvgIpc) is 3.12. The van der Waals surface area contributed by atoms with Gasteiger partial charge in [0.1, 0.15) is 0 Å². The fraction of sp³-hybridized carbons (Fsp3) is 0.261. The van der Waals surface area contributed by atoms with Crippen LogP contribution in [0.2, 0.25) is 0 Å². The number of nitrogens with zero attached hydrogens (tertiary/aromatic N) is 1. The summed E-state index contributed by atoms with van der Waals surface area (Å²) >= 11 is 1.48. The van der Waals surface area contributed by atoms with Crippen LogP contribution < -0.4 is 20.3 Å². The Kier molecular flexibility index (Phi) is 6.85. The lowest BCUT2D eigenvalue weighted by atomic mass is 10.1. The fourth-order valence-corrected chi connectivity index (χ4v) is 4.32. The number of nitrogens with one attached hydrogen (secondary N) is 2. The number of aromatic amines is 1. The molecule has 7 nitrogen and oxygen atoms in total. The van der Waals surface area contributed by atoms with E-state index in [1.807, 2.05) is 45.2 Å². The third kappa shape index (κ3) is 4.33. The van der Waals surface area contributed by atoms with E-state index >= 15 is 0 Å². The first-order chi connectivity index (χ1) is 14.8. The first-order valence-electron chi connectivity index (χ1n) is 9.79. The summed E-state index contributed by atoms with van der Waals surface area (Å²) < 4.78 is 12.2. The van der Waals surface area contributed by atoms with Gasteiger partial charge in [0, 0.05) is 58.7 Å². The molecule has 0 bridgehead atoms. The average molecular weight is 474 g/mol. The first-order valence-corrected chi connectivity index (χ1v) is 11.0. The van der Waals surface area contributed by atoms with Gasteiger partial charge in [0.15, 0.2) is 11.5 Å². The van der Waals surface area contributed by atoms with Crippen LogP contribution >= 0.6 is 24.2 Å². The van der Waals surface area contributed by atoms with Gasteiger partial charge >= 0.3 is 0 Å². The van der Waals surface area contributed by atoms with Gasteiger partial charge in [0.2, 0.25) is 0 Å². The highest BCUT2D eigenvalue weighted by Gasteiger charge is 2.40. The van der Waals surface area contributed by atoms with Gasteiger partial charge < -0.3 is 19.8 Å². The number of hydrogen-bond acceptors (Lipinski definition) is 6. The van der Waals surface area contributed by atoms with Gasteiger partial charge in [-0.25, -0.2) is 0 Å². The van der Waals surface area contributed by atoms with E-state index in [0.717, 1.165) is 16.2 Å². The fourth-order valence-electron chi connectivity index (χ4n) is 3.62. The quantitative estimate of drug-likeness (QED) is 0.542. The monoisotopic (exact) mass is 473 g/mol. The van der Waals surface area contributed by atoms with E-state index in [9.17, 15) is 9.59 Å². The van der Waals surface area contributed by atoms with Crippen LogP contribution in [-0.4, -0.2) is 22.1 Å². The Morgan fingerprint density at radius 2 is 1.91 bits per heavy atom. The van der Waals surface area contributed by atoms with Crippen molar-refractivity contribution in [3.05, 3.63) is 81.0 Å². The number of rotatable bonds is 5. The summed E-state index contributed by atoms with van der Waals surface area (Å²) in [6.07, 6.45) is 5.26. The van der Waals surface area contributed by atoms with Crippen molar-refractivity contribution >= 4 is 30.1 Å². The van der Waals surface area contributed by atoms with E-state index in [1.54, 1.807) is 24.5 Å². The smallest absolute Gasteiger partial charge is 0.275 e. The van der Waals surface area contributed by atoms with Crippen LogP contribution in [0.3, 0.4) is 0 Å². The Balaban J connectivity index is 0.00000289. The van der Waals surface area contributed by atoms with Gasteiger partial charge in [-0.2, -0.15) is 0 Å². The maximum Gasteiger partial charge on any atom is 0.275 e.